The van der Waals surface area contributed by atoms with Crippen LogP contribution in [0.15, 0.2) is 47.5 Å². The number of halogens is 2. The second-order valence-electron chi connectivity index (χ2n) is 5.67. The number of benzene rings is 2. The molecule has 0 saturated heterocycles. The Morgan fingerprint density at radius 2 is 2.04 bits per heavy atom. The molecule has 3 N–H and O–H groups in total. The molecule has 0 spiro atoms. The maximum absolute atomic E-state index is 13.5. The van der Waals surface area contributed by atoms with E-state index < -0.39 is 5.82 Å². The van der Waals surface area contributed by atoms with E-state index in [1.807, 2.05) is 38.1 Å². The van der Waals surface area contributed by atoms with Crippen molar-refractivity contribution in [3.8, 4) is 0 Å². The highest BCUT2D eigenvalue weighted by Gasteiger charge is 2.11. The normalized spacial score (nSPS) is 12.8. The Kier molecular flexibility index (Phi) is 7.22. The third kappa shape index (κ3) is 5.44. The van der Waals surface area contributed by atoms with Gasteiger partial charge in [-0.1, -0.05) is 35.9 Å². The second kappa shape index (κ2) is 9.39. The van der Waals surface area contributed by atoms with E-state index in [4.69, 9.17) is 16.7 Å². The average molecular weight is 364 g/mol. The van der Waals surface area contributed by atoms with Gasteiger partial charge in [0.05, 0.1) is 19.2 Å². The number of aliphatic imine (C=N–C) groups is 1. The van der Waals surface area contributed by atoms with Gasteiger partial charge in [-0.05, 0) is 43.2 Å². The molecule has 0 saturated carbocycles. The smallest absolute Gasteiger partial charge is 0.192 e. The zero-order valence-corrected chi connectivity index (χ0v) is 15.1. The third-order valence-corrected chi connectivity index (χ3v) is 4.11. The molecule has 4 nitrogen and oxygen atoms in total. The second-order valence-corrected chi connectivity index (χ2v) is 6.07. The molecule has 6 heteroatoms. The first-order valence-corrected chi connectivity index (χ1v) is 8.60. The lowest BCUT2D eigenvalue weighted by atomic mass is 10.1. The summed E-state index contributed by atoms with van der Waals surface area (Å²) < 4.78 is 13.5. The molecule has 2 rings (SSSR count). The van der Waals surface area contributed by atoms with Crippen LogP contribution in [0.1, 0.15) is 36.6 Å². The Morgan fingerprint density at radius 1 is 1.28 bits per heavy atom. The van der Waals surface area contributed by atoms with Crippen molar-refractivity contribution in [3.63, 3.8) is 0 Å². The summed E-state index contributed by atoms with van der Waals surface area (Å²) in [6, 6.07) is 12.3. The van der Waals surface area contributed by atoms with Gasteiger partial charge in [-0.3, -0.25) is 0 Å². The molecule has 0 aliphatic carbocycles. The Balaban J connectivity index is 2.11. The number of hydrogen-bond donors (Lipinski definition) is 3. The molecular formula is C19H23ClFN3O. The lowest BCUT2D eigenvalue weighted by Gasteiger charge is -2.19. The molecule has 0 radical (unpaired) electrons. The van der Waals surface area contributed by atoms with Gasteiger partial charge >= 0.3 is 0 Å². The minimum Gasteiger partial charge on any atom is -0.392 e. The van der Waals surface area contributed by atoms with E-state index in [-0.39, 0.29) is 18.2 Å². The number of guanidine groups is 1. The quantitative estimate of drug-likeness (QED) is 0.540. The maximum atomic E-state index is 13.5. The van der Waals surface area contributed by atoms with Gasteiger partial charge in [-0.15, -0.1) is 0 Å². The first kappa shape index (κ1) is 19.2. The lowest BCUT2D eigenvalue weighted by Crippen LogP contribution is -2.38. The number of aliphatic hydroxyl groups is 1. The number of hydrogen-bond acceptors (Lipinski definition) is 2. The summed E-state index contributed by atoms with van der Waals surface area (Å²) in [6.07, 6.45) is 0. The van der Waals surface area contributed by atoms with Gasteiger partial charge in [-0.25, -0.2) is 9.38 Å². The molecule has 134 valence electrons. The SMILES string of the molecule is CCNC(=NCc1ccc(F)c(CO)c1)NC(C)c1ccccc1Cl. The highest BCUT2D eigenvalue weighted by molar-refractivity contribution is 6.31. The molecule has 0 heterocycles. The van der Waals surface area contributed by atoms with E-state index >= 15 is 0 Å². The van der Waals surface area contributed by atoms with Crippen molar-refractivity contribution in [2.75, 3.05) is 6.54 Å². The Bertz CT molecular complexity index is 736. The average Bonchev–Trinajstić information content (AvgIpc) is 2.61. The van der Waals surface area contributed by atoms with Crippen molar-refractivity contribution < 1.29 is 9.50 Å². The summed E-state index contributed by atoms with van der Waals surface area (Å²) >= 11 is 6.24. The van der Waals surface area contributed by atoms with Crippen molar-refractivity contribution >= 4 is 17.6 Å². The van der Waals surface area contributed by atoms with Gasteiger partial charge in [0.15, 0.2) is 5.96 Å². The van der Waals surface area contributed by atoms with Gasteiger partial charge in [0.2, 0.25) is 0 Å². The minimum atomic E-state index is -0.410. The van der Waals surface area contributed by atoms with E-state index in [0.29, 0.717) is 24.1 Å². The lowest BCUT2D eigenvalue weighted by molar-refractivity contribution is 0.275. The fraction of sp³-hybridized carbons (Fsp3) is 0.316. The fourth-order valence-electron chi connectivity index (χ4n) is 2.45. The molecule has 2 aromatic carbocycles. The standard InChI is InChI=1S/C19H23ClFN3O/c1-3-22-19(24-13(2)16-6-4-5-7-17(16)20)23-11-14-8-9-18(21)15(10-14)12-25/h4-10,13,25H,3,11-12H2,1-2H3,(H2,22,23,24). The molecule has 0 aromatic heterocycles. The molecule has 0 aliphatic rings. The summed E-state index contributed by atoms with van der Waals surface area (Å²) in [5.41, 5.74) is 2.09. The van der Waals surface area contributed by atoms with Gasteiger partial charge < -0.3 is 15.7 Å². The van der Waals surface area contributed by atoms with Crippen molar-refractivity contribution in [2.24, 2.45) is 4.99 Å². The summed E-state index contributed by atoms with van der Waals surface area (Å²) in [7, 11) is 0. The summed E-state index contributed by atoms with van der Waals surface area (Å²) in [5, 5.41) is 16.4. The fourth-order valence-corrected chi connectivity index (χ4v) is 2.75. The van der Waals surface area contributed by atoms with Gasteiger partial charge in [0, 0.05) is 17.1 Å². The van der Waals surface area contributed by atoms with Crippen LogP contribution >= 0.6 is 11.6 Å². The number of rotatable bonds is 6. The molecule has 1 unspecified atom stereocenters. The minimum absolute atomic E-state index is 0.0206. The highest BCUT2D eigenvalue weighted by Crippen LogP contribution is 2.22. The van der Waals surface area contributed by atoms with Crippen LogP contribution in [0.25, 0.3) is 0 Å². The predicted octanol–water partition coefficient (Wildman–Crippen LogP) is 3.79. The highest BCUT2D eigenvalue weighted by atomic mass is 35.5. The monoisotopic (exact) mass is 363 g/mol. The molecule has 2 aromatic rings. The number of nitrogens with zero attached hydrogens (tertiary/aromatic N) is 1. The third-order valence-electron chi connectivity index (χ3n) is 3.77. The van der Waals surface area contributed by atoms with E-state index in [2.05, 4.69) is 15.6 Å². The van der Waals surface area contributed by atoms with Gasteiger partial charge in [-0.2, -0.15) is 0 Å². The van der Waals surface area contributed by atoms with Crippen molar-refractivity contribution in [2.45, 2.75) is 33.0 Å². The molecule has 25 heavy (non-hydrogen) atoms. The topological polar surface area (TPSA) is 56.7 Å². The maximum Gasteiger partial charge on any atom is 0.192 e. The van der Waals surface area contributed by atoms with E-state index in [0.717, 1.165) is 11.1 Å². The molecule has 1 atom stereocenters. The summed E-state index contributed by atoms with van der Waals surface area (Å²) in [4.78, 5) is 4.53. The van der Waals surface area contributed by atoms with E-state index in [1.54, 1.807) is 12.1 Å². The van der Waals surface area contributed by atoms with Crippen LogP contribution in [-0.2, 0) is 13.2 Å². The van der Waals surface area contributed by atoms with Crippen LogP contribution in [0.2, 0.25) is 5.02 Å². The van der Waals surface area contributed by atoms with Crippen molar-refractivity contribution in [1.29, 1.82) is 0 Å². The zero-order chi connectivity index (χ0) is 18.2. The largest absolute Gasteiger partial charge is 0.392 e. The molecule has 0 fully saturated rings. The van der Waals surface area contributed by atoms with Crippen LogP contribution in [0, 0.1) is 5.82 Å². The molecule has 0 amide bonds. The predicted molar refractivity (Wildman–Crippen MR) is 100 cm³/mol. The van der Waals surface area contributed by atoms with Crippen molar-refractivity contribution in [1.82, 2.24) is 10.6 Å². The van der Waals surface area contributed by atoms with E-state index in [9.17, 15) is 4.39 Å². The first-order chi connectivity index (χ1) is 12.0. The van der Waals surface area contributed by atoms with Crippen LogP contribution in [0.3, 0.4) is 0 Å². The van der Waals surface area contributed by atoms with Gasteiger partial charge in [0.25, 0.3) is 0 Å². The van der Waals surface area contributed by atoms with Crippen LogP contribution in [-0.4, -0.2) is 17.6 Å². The first-order valence-electron chi connectivity index (χ1n) is 8.22. The number of nitrogens with one attached hydrogen (secondary N) is 2. The summed E-state index contributed by atoms with van der Waals surface area (Å²) in [5.74, 6) is 0.234. The van der Waals surface area contributed by atoms with Crippen LogP contribution < -0.4 is 10.6 Å². The molecular weight excluding hydrogens is 341 g/mol. The summed E-state index contributed by atoms with van der Waals surface area (Å²) in [6.45, 7) is 4.75. The van der Waals surface area contributed by atoms with Gasteiger partial charge in [0.1, 0.15) is 5.82 Å². The van der Waals surface area contributed by atoms with Crippen LogP contribution in [0.5, 0.6) is 0 Å². The van der Waals surface area contributed by atoms with E-state index in [1.165, 1.54) is 6.07 Å². The Labute approximate surface area is 152 Å². The van der Waals surface area contributed by atoms with Crippen molar-refractivity contribution in [3.05, 3.63) is 70.0 Å². The number of aliphatic hydroxyl groups excluding tert-OH is 1. The Morgan fingerprint density at radius 3 is 2.72 bits per heavy atom. The zero-order valence-electron chi connectivity index (χ0n) is 14.4. The molecule has 0 bridgehead atoms. The molecule has 0 aliphatic heterocycles. The van der Waals surface area contributed by atoms with Crippen LogP contribution in [0.4, 0.5) is 4.39 Å². The Hall–Kier alpha value is -2.11.